The maximum Gasteiger partial charge on any atom is 0.175 e. The van der Waals surface area contributed by atoms with Crippen molar-refractivity contribution in [3.63, 3.8) is 0 Å². The van der Waals surface area contributed by atoms with E-state index in [0.29, 0.717) is 17.0 Å². The first-order valence-electron chi connectivity index (χ1n) is 7.67. The van der Waals surface area contributed by atoms with Crippen molar-refractivity contribution in [3.8, 4) is 0 Å². The number of hydrogen-bond donors (Lipinski definition) is 1. The summed E-state index contributed by atoms with van der Waals surface area (Å²) in [5.41, 5.74) is 1.00. The van der Waals surface area contributed by atoms with Crippen molar-refractivity contribution >= 4 is 15.5 Å². The molecular weight excluding hydrogens is 284 g/mol. The van der Waals surface area contributed by atoms with Gasteiger partial charge in [0.05, 0.1) is 4.90 Å². The normalized spacial score (nSPS) is 21.2. The van der Waals surface area contributed by atoms with Crippen molar-refractivity contribution in [2.75, 3.05) is 24.7 Å². The van der Waals surface area contributed by atoms with Crippen LogP contribution in [-0.2, 0) is 9.84 Å². The van der Waals surface area contributed by atoms with Crippen LogP contribution in [0.4, 0.5) is 5.69 Å². The summed E-state index contributed by atoms with van der Waals surface area (Å²) >= 11 is 0. The van der Waals surface area contributed by atoms with Crippen LogP contribution in [0.2, 0.25) is 0 Å². The predicted molar refractivity (Wildman–Crippen MR) is 87.5 cm³/mol. The van der Waals surface area contributed by atoms with Crippen molar-refractivity contribution in [2.45, 2.75) is 50.1 Å². The highest BCUT2D eigenvalue weighted by Crippen LogP contribution is 2.19. The molecule has 21 heavy (non-hydrogen) atoms. The molecular formula is C16H26N2O2S. The number of nitrogens with zero attached hydrogens (tertiary/aromatic N) is 1. The standard InChI is InChI=1S/C16H26N2O2S/c1-13(2)18-11-4-5-14(10-12-18)17-15-6-8-16(9-7-15)21(3,19)20/h6-9,13-14,17H,4-5,10-12H2,1-3H3. The lowest BCUT2D eigenvalue weighted by Gasteiger charge is -2.24. The number of benzene rings is 1. The molecule has 0 spiro atoms. The molecule has 0 radical (unpaired) electrons. The minimum atomic E-state index is -3.11. The zero-order chi connectivity index (χ0) is 15.5. The van der Waals surface area contributed by atoms with Gasteiger partial charge in [-0.1, -0.05) is 0 Å². The number of hydrogen-bond acceptors (Lipinski definition) is 4. The van der Waals surface area contributed by atoms with Gasteiger partial charge in [0, 0.05) is 30.6 Å². The highest BCUT2D eigenvalue weighted by molar-refractivity contribution is 7.90. The van der Waals surface area contributed by atoms with Gasteiger partial charge < -0.3 is 10.2 Å². The second-order valence-corrected chi connectivity index (χ2v) is 8.21. The summed E-state index contributed by atoms with van der Waals surface area (Å²) < 4.78 is 22.9. The quantitative estimate of drug-likeness (QED) is 0.929. The SMILES string of the molecule is CC(C)N1CCCC(Nc2ccc(S(C)(=O)=O)cc2)CC1. The average Bonchev–Trinajstić information content (AvgIpc) is 2.64. The lowest BCUT2D eigenvalue weighted by atomic mass is 10.1. The minimum absolute atomic E-state index is 0.375. The van der Waals surface area contributed by atoms with E-state index in [4.69, 9.17) is 0 Å². The van der Waals surface area contributed by atoms with Gasteiger partial charge in [-0.05, 0) is 63.9 Å². The summed E-state index contributed by atoms with van der Waals surface area (Å²) in [5, 5.41) is 3.54. The number of likely N-dealkylation sites (tertiary alicyclic amines) is 1. The maximum absolute atomic E-state index is 11.5. The molecule has 1 fully saturated rings. The van der Waals surface area contributed by atoms with Crippen LogP contribution in [0.5, 0.6) is 0 Å². The lowest BCUT2D eigenvalue weighted by molar-refractivity contribution is 0.230. The molecule has 1 aliphatic rings. The fourth-order valence-electron chi connectivity index (χ4n) is 2.81. The van der Waals surface area contributed by atoms with Crippen molar-refractivity contribution in [2.24, 2.45) is 0 Å². The highest BCUT2D eigenvalue weighted by Gasteiger charge is 2.18. The lowest BCUT2D eigenvalue weighted by Crippen LogP contribution is -2.32. The Hall–Kier alpha value is -1.07. The van der Waals surface area contributed by atoms with Crippen LogP contribution in [0.3, 0.4) is 0 Å². The van der Waals surface area contributed by atoms with E-state index in [1.54, 1.807) is 12.1 Å². The summed E-state index contributed by atoms with van der Waals surface area (Å²) in [6.07, 6.45) is 4.74. The Morgan fingerprint density at radius 1 is 1.14 bits per heavy atom. The highest BCUT2D eigenvalue weighted by atomic mass is 32.2. The van der Waals surface area contributed by atoms with E-state index in [0.717, 1.165) is 25.1 Å². The van der Waals surface area contributed by atoms with Gasteiger partial charge in [-0.3, -0.25) is 0 Å². The number of sulfone groups is 1. The Kier molecular flexibility index (Phi) is 5.27. The Morgan fingerprint density at radius 3 is 2.38 bits per heavy atom. The Bertz CT molecular complexity index is 552. The van der Waals surface area contributed by atoms with Crippen LogP contribution < -0.4 is 5.32 Å². The topological polar surface area (TPSA) is 49.4 Å². The average molecular weight is 310 g/mol. The van der Waals surface area contributed by atoms with Crippen molar-refractivity contribution in [1.82, 2.24) is 4.90 Å². The first-order valence-corrected chi connectivity index (χ1v) is 9.56. The molecule has 4 nitrogen and oxygen atoms in total. The summed E-state index contributed by atoms with van der Waals surface area (Å²) in [7, 11) is -3.11. The van der Waals surface area contributed by atoms with Gasteiger partial charge in [0.25, 0.3) is 0 Å². The molecule has 1 heterocycles. The molecule has 2 rings (SSSR count). The van der Waals surface area contributed by atoms with E-state index in [1.165, 1.54) is 19.2 Å². The third-order valence-electron chi connectivity index (χ3n) is 4.15. The molecule has 0 bridgehead atoms. The fraction of sp³-hybridized carbons (Fsp3) is 0.625. The minimum Gasteiger partial charge on any atom is -0.382 e. The first-order chi connectivity index (χ1) is 9.86. The predicted octanol–water partition coefficient (Wildman–Crippen LogP) is 2.76. The summed E-state index contributed by atoms with van der Waals surface area (Å²) in [6.45, 7) is 6.79. The second-order valence-electron chi connectivity index (χ2n) is 6.20. The number of anilines is 1. The largest absolute Gasteiger partial charge is 0.382 e. The van der Waals surface area contributed by atoms with Gasteiger partial charge in [-0.25, -0.2) is 8.42 Å². The van der Waals surface area contributed by atoms with E-state index in [-0.39, 0.29) is 0 Å². The van der Waals surface area contributed by atoms with Crippen LogP contribution >= 0.6 is 0 Å². The third kappa shape index (κ3) is 4.71. The van der Waals surface area contributed by atoms with Gasteiger partial charge in [-0.2, -0.15) is 0 Å². The molecule has 1 unspecified atom stereocenters. The summed E-state index contributed by atoms with van der Waals surface area (Å²) in [5.74, 6) is 0. The molecule has 1 atom stereocenters. The van der Waals surface area contributed by atoms with Gasteiger partial charge in [-0.15, -0.1) is 0 Å². The van der Waals surface area contributed by atoms with Crippen molar-refractivity contribution in [1.29, 1.82) is 0 Å². The molecule has 0 aromatic heterocycles. The van der Waals surface area contributed by atoms with E-state index in [9.17, 15) is 8.42 Å². The van der Waals surface area contributed by atoms with E-state index in [2.05, 4.69) is 24.1 Å². The Labute approximate surface area is 128 Å². The van der Waals surface area contributed by atoms with E-state index >= 15 is 0 Å². The van der Waals surface area contributed by atoms with Gasteiger partial charge >= 0.3 is 0 Å². The van der Waals surface area contributed by atoms with Crippen LogP contribution in [-0.4, -0.2) is 44.7 Å². The van der Waals surface area contributed by atoms with Crippen LogP contribution in [0, 0.1) is 0 Å². The van der Waals surface area contributed by atoms with Crippen LogP contribution in [0.15, 0.2) is 29.2 Å². The molecule has 1 aromatic rings. The molecule has 0 aliphatic carbocycles. The smallest absolute Gasteiger partial charge is 0.175 e. The van der Waals surface area contributed by atoms with Crippen LogP contribution in [0.25, 0.3) is 0 Å². The number of nitrogens with one attached hydrogen (secondary N) is 1. The summed E-state index contributed by atoms with van der Waals surface area (Å²) in [6, 6.07) is 8.16. The number of rotatable bonds is 4. The molecule has 5 heteroatoms. The molecule has 118 valence electrons. The first kappa shape index (κ1) is 16.3. The monoisotopic (exact) mass is 310 g/mol. The maximum atomic E-state index is 11.5. The van der Waals surface area contributed by atoms with Gasteiger partial charge in [0.15, 0.2) is 9.84 Å². The Morgan fingerprint density at radius 2 is 1.81 bits per heavy atom. The van der Waals surface area contributed by atoms with Gasteiger partial charge in [0.2, 0.25) is 0 Å². The molecule has 1 saturated heterocycles. The zero-order valence-electron chi connectivity index (χ0n) is 13.2. The zero-order valence-corrected chi connectivity index (χ0v) is 14.0. The van der Waals surface area contributed by atoms with E-state index in [1.807, 2.05) is 12.1 Å². The third-order valence-corrected chi connectivity index (χ3v) is 5.27. The fourth-order valence-corrected chi connectivity index (χ4v) is 3.44. The van der Waals surface area contributed by atoms with Crippen molar-refractivity contribution in [3.05, 3.63) is 24.3 Å². The molecule has 0 amide bonds. The Balaban J connectivity index is 1.96. The molecule has 1 aromatic carbocycles. The van der Waals surface area contributed by atoms with E-state index < -0.39 is 9.84 Å². The second kappa shape index (κ2) is 6.79. The molecule has 1 aliphatic heterocycles. The molecule has 0 saturated carbocycles. The van der Waals surface area contributed by atoms with Crippen LogP contribution in [0.1, 0.15) is 33.1 Å². The van der Waals surface area contributed by atoms with Gasteiger partial charge in [0.1, 0.15) is 0 Å². The summed E-state index contributed by atoms with van der Waals surface area (Å²) in [4.78, 5) is 2.90. The van der Waals surface area contributed by atoms with Crippen molar-refractivity contribution < 1.29 is 8.42 Å². The molecule has 1 N–H and O–H groups in total.